The fourth-order valence-electron chi connectivity index (χ4n) is 3.40. The van der Waals surface area contributed by atoms with Crippen LogP contribution in [0.4, 0.5) is 5.13 Å². The number of hydrogen-bond donors (Lipinski definition) is 1. The highest BCUT2D eigenvalue weighted by Gasteiger charge is 2.17. The topological polar surface area (TPSA) is 97.5 Å². The van der Waals surface area contributed by atoms with E-state index >= 15 is 0 Å². The molecule has 5 heterocycles. The van der Waals surface area contributed by atoms with Crippen molar-refractivity contribution in [2.24, 2.45) is 0 Å². The summed E-state index contributed by atoms with van der Waals surface area (Å²) in [6.45, 7) is 5.96. The van der Waals surface area contributed by atoms with Crippen LogP contribution in [0.1, 0.15) is 21.7 Å². The number of aromatic nitrogens is 5. The number of aryl methyl sites for hydroxylation is 1. The molecule has 0 spiro atoms. The largest absolute Gasteiger partial charge is 0.379 e. The van der Waals surface area contributed by atoms with Gasteiger partial charge in [0.15, 0.2) is 16.6 Å². The molecule has 1 aliphatic heterocycles. The number of carbonyl (C=O) groups is 1. The second kappa shape index (κ2) is 8.50. The Morgan fingerprint density at radius 3 is 2.90 bits per heavy atom. The van der Waals surface area contributed by atoms with Gasteiger partial charge in [0, 0.05) is 48.7 Å². The Balaban J connectivity index is 1.34. The SMILES string of the molecule is Cc1ccc(-c2nc3c(C(=O)Nc4nc(CN5CCOCC5)cs4)cccn3n2)cn1. The van der Waals surface area contributed by atoms with Crippen LogP contribution in [0.5, 0.6) is 0 Å². The number of thiazole rings is 1. The molecule has 0 aromatic carbocycles. The number of fused-ring (bicyclic) bond motifs is 1. The van der Waals surface area contributed by atoms with Crippen molar-refractivity contribution in [3.8, 4) is 11.4 Å². The Bertz CT molecular complexity index is 1210. The maximum Gasteiger partial charge on any atom is 0.261 e. The van der Waals surface area contributed by atoms with E-state index < -0.39 is 0 Å². The quantitative estimate of drug-likeness (QED) is 0.515. The first-order valence-electron chi connectivity index (χ1n) is 10.00. The Labute approximate surface area is 182 Å². The van der Waals surface area contributed by atoms with Crippen molar-refractivity contribution in [2.45, 2.75) is 13.5 Å². The van der Waals surface area contributed by atoms with Gasteiger partial charge in [-0.15, -0.1) is 16.4 Å². The van der Waals surface area contributed by atoms with Gasteiger partial charge in [-0.2, -0.15) is 0 Å². The first kappa shape index (κ1) is 19.7. The van der Waals surface area contributed by atoms with E-state index in [2.05, 4.69) is 30.3 Å². The molecule has 10 heteroatoms. The van der Waals surface area contributed by atoms with Crippen molar-refractivity contribution in [2.75, 3.05) is 31.6 Å². The molecule has 1 saturated heterocycles. The Morgan fingerprint density at radius 1 is 1.23 bits per heavy atom. The number of amides is 1. The summed E-state index contributed by atoms with van der Waals surface area (Å²) >= 11 is 1.42. The predicted molar refractivity (Wildman–Crippen MR) is 117 cm³/mol. The van der Waals surface area contributed by atoms with Gasteiger partial charge < -0.3 is 4.74 Å². The molecule has 0 unspecified atom stereocenters. The number of hydrogen-bond acceptors (Lipinski definition) is 8. The molecule has 9 nitrogen and oxygen atoms in total. The monoisotopic (exact) mass is 435 g/mol. The average Bonchev–Trinajstić information content (AvgIpc) is 3.41. The summed E-state index contributed by atoms with van der Waals surface area (Å²) in [6, 6.07) is 7.34. The third kappa shape index (κ3) is 4.31. The van der Waals surface area contributed by atoms with Gasteiger partial charge in [0.25, 0.3) is 5.91 Å². The summed E-state index contributed by atoms with van der Waals surface area (Å²) in [7, 11) is 0. The minimum absolute atomic E-state index is 0.265. The van der Waals surface area contributed by atoms with Crippen molar-refractivity contribution in [1.29, 1.82) is 0 Å². The van der Waals surface area contributed by atoms with Crippen LogP contribution in [0.3, 0.4) is 0 Å². The van der Waals surface area contributed by atoms with Crippen LogP contribution >= 0.6 is 11.3 Å². The summed E-state index contributed by atoms with van der Waals surface area (Å²) in [5.74, 6) is 0.258. The molecular formula is C21H21N7O2S. The van der Waals surface area contributed by atoms with Crippen molar-refractivity contribution >= 4 is 28.0 Å². The molecule has 0 saturated carbocycles. The molecule has 1 N–H and O–H groups in total. The highest BCUT2D eigenvalue weighted by molar-refractivity contribution is 7.14. The van der Waals surface area contributed by atoms with Gasteiger partial charge in [-0.05, 0) is 31.2 Å². The molecule has 1 amide bonds. The number of pyridine rings is 2. The van der Waals surface area contributed by atoms with Gasteiger partial charge >= 0.3 is 0 Å². The molecule has 31 heavy (non-hydrogen) atoms. The Morgan fingerprint density at radius 2 is 2.10 bits per heavy atom. The van der Waals surface area contributed by atoms with Crippen molar-refractivity contribution in [3.05, 3.63) is 59.0 Å². The molecule has 0 radical (unpaired) electrons. The van der Waals surface area contributed by atoms with E-state index in [-0.39, 0.29) is 5.91 Å². The standard InChI is InChI=1S/C21H21N7O2S/c1-14-4-5-15(11-22-14)18-24-19-17(3-2-6-28(19)26-18)20(29)25-21-23-16(13-31-21)12-27-7-9-30-10-8-27/h2-6,11,13H,7-10,12H2,1H3,(H,23,25,29). The van der Waals surface area contributed by atoms with E-state index in [0.717, 1.165) is 49.8 Å². The van der Waals surface area contributed by atoms with E-state index in [9.17, 15) is 4.79 Å². The van der Waals surface area contributed by atoms with Crippen molar-refractivity contribution in [3.63, 3.8) is 0 Å². The lowest BCUT2D eigenvalue weighted by molar-refractivity contribution is 0.0337. The maximum atomic E-state index is 13.0. The molecule has 4 aromatic rings. The number of ether oxygens (including phenoxy) is 1. The zero-order valence-electron chi connectivity index (χ0n) is 17.0. The van der Waals surface area contributed by atoms with Crippen LogP contribution in [0.25, 0.3) is 17.0 Å². The number of carbonyl (C=O) groups excluding carboxylic acids is 1. The number of nitrogens with one attached hydrogen (secondary N) is 1. The van der Waals surface area contributed by atoms with Gasteiger partial charge in [-0.25, -0.2) is 14.5 Å². The number of rotatable bonds is 5. The zero-order chi connectivity index (χ0) is 21.2. The first-order chi connectivity index (χ1) is 15.2. The molecule has 158 valence electrons. The predicted octanol–water partition coefficient (Wildman–Crippen LogP) is 2.64. The van der Waals surface area contributed by atoms with E-state index in [0.29, 0.717) is 22.2 Å². The molecule has 1 aliphatic rings. The van der Waals surface area contributed by atoms with Crippen LogP contribution in [-0.4, -0.2) is 61.7 Å². The molecule has 0 aliphatic carbocycles. The van der Waals surface area contributed by atoms with Gasteiger partial charge in [-0.3, -0.25) is 20.0 Å². The van der Waals surface area contributed by atoms with Gasteiger partial charge in [-0.1, -0.05) is 0 Å². The van der Waals surface area contributed by atoms with Gasteiger partial charge in [0.1, 0.15) is 0 Å². The summed E-state index contributed by atoms with van der Waals surface area (Å²) < 4.78 is 6.99. The number of nitrogens with zero attached hydrogens (tertiary/aromatic N) is 6. The fourth-order valence-corrected chi connectivity index (χ4v) is 4.09. The maximum absolute atomic E-state index is 13.0. The minimum Gasteiger partial charge on any atom is -0.379 e. The lowest BCUT2D eigenvalue weighted by Crippen LogP contribution is -2.35. The summed E-state index contributed by atoms with van der Waals surface area (Å²) in [6.07, 6.45) is 3.50. The molecule has 5 rings (SSSR count). The summed E-state index contributed by atoms with van der Waals surface area (Å²) in [5, 5.41) is 9.93. The molecule has 0 atom stereocenters. The lowest BCUT2D eigenvalue weighted by Gasteiger charge is -2.25. The molecule has 0 bridgehead atoms. The van der Waals surface area contributed by atoms with Crippen molar-refractivity contribution in [1.82, 2.24) is 29.5 Å². The van der Waals surface area contributed by atoms with Crippen LogP contribution in [0.15, 0.2) is 42.0 Å². The molecule has 4 aromatic heterocycles. The Hall–Kier alpha value is -3.21. The fraction of sp³-hybridized carbons (Fsp3) is 0.286. The smallest absolute Gasteiger partial charge is 0.261 e. The minimum atomic E-state index is -0.265. The van der Waals surface area contributed by atoms with Gasteiger partial charge in [0.05, 0.1) is 24.5 Å². The number of morpholine rings is 1. The molecular weight excluding hydrogens is 414 g/mol. The number of anilines is 1. The normalized spacial score (nSPS) is 14.7. The third-order valence-corrected chi connectivity index (χ3v) is 5.84. The third-order valence-electron chi connectivity index (χ3n) is 5.04. The van der Waals surface area contributed by atoms with Crippen LogP contribution in [0.2, 0.25) is 0 Å². The summed E-state index contributed by atoms with van der Waals surface area (Å²) in [4.78, 5) is 28.7. The zero-order valence-corrected chi connectivity index (χ0v) is 17.8. The van der Waals surface area contributed by atoms with Crippen molar-refractivity contribution < 1.29 is 9.53 Å². The van der Waals surface area contributed by atoms with Crippen LogP contribution < -0.4 is 5.32 Å². The van der Waals surface area contributed by atoms with E-state index in [4.69, 9.17) is 4.74 Å². The second-order valence-corrected chi connectivity index (χ2v) is 8.16. The highest BCUT2D eigenvalue weighted by atomic mass is 32.1. The Kier molecular flexibility index (Phi) is 5.41. The second-order valence-electron chi connectivity index (χ2n) is 7.30. The van der Waals surface area contributed by atoms with Crippen LogP contribution in [0, 0.1) is 6.92 Å². The van der Waals surface area contributed by atoms with E-state index in [1.165, 1.54) is 11.3 Å². The highest BCUT2D eigenvalue weighted by Crippen LogP contribution is 2.21. The van der Waals surface area contributed by atoms with E-state index in [1.54, 1.807) is 29.0 Å². The molecule has 1 fully saturated rings. The first-order valence-corrected chi connectivity index (χ1v) is 10.9. The van der Waals surface area contributed by atoms with Gasteiger partial charge in [0.2, 0.25) is 0 Å². The lowest BCUT2D eigenvalue weighted by atomic mass is 10.2. The summed E-state index contributed by atoms with van der Waals surface area (Å²) in [5.41, 5.74) is 3.58. The van der Waals surface area contributed by atoms with E-state index in [1.807, 2.05) is 24.4 Å². The average molecular weight is 436 g/mol. The van der Waals surface area contributed by atoms with Crippen LogP contribution in [-0.2, 0) is 11.3 Å².